The van der Waals surface area contributed by atoms with Crippen LogP contribution in [-0.2, 0) is 0 Å². The van der Waals surface area contributed by atoms with Crippen molar-refractivity contribution in [1.29, 1.82) is 0 Å². The molecule has 0 aromatic heterocycles. The molecule has 74 valence electrons. The highest BCUT2D eigenvalue weighted by molar-refractivity contribution is 5.77. The summed E-state index contributed by atoms with van der Waals surface area (Å²) < 4.78 is 0. The van der Waals surface area contributed by atoms with Gasteiger partial charge in [-0.3, -0.25) is 4.79 Å². The third kappa shape index (κ3) is 1.58. The molecular formula is C12H14O2. The maximum absolute atomic E-state index is 10.8. The van der Waals surface area contributed by atoms with Crippen molar-refractivity contribution in [1.82, 2.24) is 0 Å². The Bertz CT molecular complexity index is 333. The van der Waals surface area contributed by atoms with Crippen molar-refractivity contribution in [2.24, 2.45) is 0 Å². The van der Waals surface area contributed by atoms with E-state index in [0.717, 1.165) is 36.7 Å². The van der Waals surface area contributed by atoms with Crippen molar-refractivity contribution in [3.8, 4) is 0 Å². The third-order valence-electron chi connectivity index (χ3n) is 3.00. The van der Waals surface area contributed by atoms with Crippen molar-refractivity contribution < 1.29 is 9.90 Å². The van der Waals surface area contributed by atoms with E-state index in [0.29, 0.717) is 0 Å². The number of aliphatic hydroxyl groups is 1. The molecule has 1 aliphatic carbocycles. The second-order valence-corrected chi connectivity index (χ2v) is 3.85. The number of aldehydes is 1. The van der Waals surface area contributed by atoms with Crippen LogP contribution in [0.3, 0.4) is 0 Å². The number of carbonyl (C=O) groups is 1. The minimum atomic E-state index is -0.268. The highest BCUT2D eigenvalue weighted by Crippen LogP contribution is 2.35. The van der Waals surface area contributed by atoms with Crippen LogP contribution in [0.5, 0.6) is 0 Å². The molecule has 0 heterocycles. The van der Waals surface area contributed by atoms with Crippen LogP contribution < -0.4 is 0 Å². The quantitative estimate of drug-likeness (QED) is 0.725. The lowest BCUT2D eigenvalue weighted by molar-refractivity contribution is 0.112. The second-order valence-electron chi connectivity index (χ2n) is 3.85. The fraction of sp³-hybridized carbons (Fsp3) is 0.417. The summed E-state index contributed by atoms with van der Waals surface area (Å²) in [5, 5.41) is 9.75. The predicted molar refractivity (Wildman–Crippen MR) is 54.4 cm³/mol. The first-order chi connectivity index (χ1) is 6.83. The van der Waals surface area contributed by atoms with Gasteiger partial charge in [0.2, 0.25) is 0 Å². The van der Waals surface area contributed by atoms with Gasteiger partial charge in [0.25, 0.3) is 0 Å². The maximum atomic E-state index is 10.8. The monoisotopic (exact) mass is 190 g/mol. The van der Waals surface area contributed by atoms with E-state index in [9.17, 15) is 9.90 Å². The smallest absolute Gasteiger partial charge is 0.150 e. The van der Waals surface area contributed by atoms with Crippen LogP contribution in [-0.4, -0.2) is 17.5 Å². The molecule has 0 aliphatic heterocycles. The van der Waals surface area contributed by atoms with Crippen molar-refractivity contribution in [2.75, 3.05) is 0 Å². The zero-order chi connectivity index (χ0) is 9.97. The molecule has 1 saturated carbocycles. The first-order valence-corrected chi connectivity index (χ1v) is 5.05. The average molecular weight is 190 g/mol. The average Bonchev–Trinajstić information content (AvgIpc) is 2.64. The molecule has 1 N–H and O–H groups in total. The van der Waals surface area contributed by atoms with E-state index in [-0.39, 0.29) is 12.0 Å². The zero-order valence-electron chi connectivity index (χ0n) is 8.02. The summed E-state index contributed by atoms with van der Waals surface area (Å²) in [7, 11) is 0. The minimum absolute atomic E-state index is 0.163. The van der Waals surface area contributed by atoms with Gasteiger partial charge in [0.1, 0.15) is 6.29 Å². The molecule has 0 amide bonds. The molecular weight excluding hydrogens is 176 g/mol. The van der Waals surface area contributed by atoms with Crippen LogP contribution in [0.15, 0.2) is 24.3 Å². The Balaban J connectivity index is 2.34. The van der Waals surface area contributed by atoms with Gasteiger partial charge >= 0.3 is 0 Å². The Kier molecular flexibility index (Phi) is 2.64. The number of hydrogen-bond donors (Lipinski definition) is 1. The lowest BCUT2D eigenvalue weighted by atomic mass is 9.92. The molecule has 0 spiro atoms. The summed E-state index contributed by atoms with van der Waals surface area (Å²) in [5.74, 6) is 0.163. The second kappa shape index (κ2) is 3.93. The fourth-order valence-corrected chi connectivity index (χ4v) is 2.26. The van der Waals surface area contributed by atoms with Gasteiger partial charge < -0.3 is 5.11 Å². The van der Waals surface area contributed by atoms with Crippen LogP contribution in [0, 0.1) is 0 Å². The van der Waals surface area contributed by atoms with Gasteiger partial charge in [-0.15, -0.1) is 0 Å². The van der Waals surface area contributed by atoms with E-state index in [1.54, 1.807) is 0 Å². The van der Waals surface area contributed by atoms with Gasteiger partial charge in [0, 0.05) is 11.5 Å². The molecule has 1 fully saturated rings. The predicted octanol–water partition coefficient (Wildman–Crippen LogP) is 2.13. The van der Waals surface area contributed by atoms with Crippen molar-refractivity contribution in [2.45, 2.75) is 31.3 Å². The molecule has 1 aromatic rings. The van der Waals surface area contributed by atoms with E-state index in [2.05, 4.69) is 0 Å². The first kappa shape index (κ1) is 9.41. The van der Waals surface area contributed by atoms with Gasteiger partial charge in [-0.05, 0) is 18.4 Å². The number of hydrogen-bond acceptors (Lipinski definition) is 2. The zero-order valence-corrected chi connectivity index (χ0v) is 8.02. The Morgan fingerprint density at radius 1 is 1.29 bits per heavy atom. The molecule has 2 heteroatoms. The van der Waals surface area contributed by atoms with Crippen molar-refractivity contribution in [3.05, 3.63) is 35.4 Å². The third-order valence-corrected chi connectivity index (χ3v) is 3.00. The van der Waals surface area contributed by atoms with Crippen LogP contribution in [0.1, 0.15) is 41.1 Å². The SMILES string of the molecule is O=Cc1ccccc1C1CCCC1O. The van der Waals surface area contributed by atoms with Gasteiger partial charge in [0.15, 0.2) is 0 Å². The highest BCUT2D eigenvalue weighted by atomic mass is 16.3. The minimum Gasteiger partial charge on any atom is -0.392 e. The summed E-state index contributed by atoms with van der Waals surface area (Å²) in [5.41, 5.74) is 1.73. The Labute approximate surface area is 83.6 Å². The molecule has 1 aliphatic rings. The Morgan fingerprint density at radius 2 is 2.07 bits per heavy atom. The lowest BCUT2D eigenvalue weighted by Gasteiger charge is -2.16. The molecule has 2 unspecified atom stereocenters. The maximum Gasteiger partial charge on any atom is 0.150 e. The summed E-state index contributed by atoms with van der Waals surface area (Å²) in [6.45, 7) is 0. The number of benzene rings is 1. The van der Waals surface area contributed by atoms with Crippen LogP contribution in [0.4, 0.5) is 0 Å². The van der Waals surface area contributed by atoms with E-state index < -0.39 is 0 Å². The molecule has 0 saturated heterocycles. The summed E-state index contributed by atoms with van der Waals surface area (Å²) in [4.78, 5) is 10.8. The molecule has 0 radical (unpaired) electrons. The van der Waals surface area contributed by atoms with Crippen LogP contribution >= 0.6 is 0 Å². The summed E-state index contributed by atoms with van der Waals surface area (Å²) in [6, 6.07) is 7.54. The number of aliphatic hydroxyl groups excluding tert-OH is 1. The largest absolute Gasteiger partial charge is 0.392 e. The van der Waals surface area contributed by atoms with Crippen molar-refractivity contribution in [3.63, 3.8) is 0 Å². The molecule has 2 nitrogen and oxygen atoms in total. The fourth-order valence-electron chi connectivity index (χ4n) is 2.26. The summed E-state index contributed by atoms with van der Waals surface area (Å²) >= 11 is 0. The van der Waals surface area contributed by atoms with Gasteiger partial charge in [-0.2, -0.15) is 0 Å². The van der Waals surface area contributed by atoms with E-state index in [1.807, 2.05) is 24.3 Å². The van der Waals surface area contributed by atoms with Gasteiger partial charge in [0.05, 0.1) is 6.10 Å². The van der Waals surface area contributed by atoms with Gasteiger partial charge in [-0.25, -0.2) is 0 Å². The van der Waals surface area contributed by atoms with Crippen LogP contribution in [0.2, 0.25) is 0 Å². The molecule has 2 atom stereocenters. The molecule has 2 rings (SSSR count). The Morgan fingerprint density at radius 3 is 2.71 bits per heavy atom. The summed E-state index contributed by atoms with van der Waals surface area (Å²) in [6.07, 6.45) is 3.51. The topological polar surface area (TPSA) is 37.3 Å². The molecule has 1 aromatic carbocycles. The number of carbonyl (C=O) groups excluding carboxylic acids is 1. The van der Waals surface area contributed by atoms with Crippen molar-refractivity contribution >= 4 is 6.29 Å². The standard InChI is InChI=1S/C12H14O2/c13-8-9-4-1-2-5-10(9)11-6-3-7-12(11)14/h1-2,4-5,8,11-12,14H,3,6-7H2. The molecule has 0 bridgehead atoms. The Hall–Kier alpha value is -1.15. The highest BCUT2D eigenvalue weighted by Gasteiger charge is 2.27. The normalized spacial score (nSPS) is 26.4. The number of rotatable bonds is 2. The van der Waals surface area contributed by atoms with E-state index in [4.69, 9.17) is 0 Å². The van der Waals surface area contributed by atoms with E-state index >= 15 is 0 Å². The van der Waals surface area contributed by atoms with Crippen LogP contribution in [0.25, 0.3) is 0 Å². The van der Waals surface area contributed by atoms with Gasteiger partial charge in [-0.1, -0.05) is 30.7 Å². The van der Waals surface area contributed by atoms with E-state index in [1.165, 1.54) is 0 Å². The lowest BCUT2D eigenvalue weighted by Crippen LogP contribution is -2.12. The molecule has 14 heavy (non-hydrogen) atoms. The first-order valence-electron chi connectivity index (χ1n) is 5.05.